The molecule has 5 heteroatoms. The summed E-state index contributed by atoms with van der Waals surface area (Å²) in [5.41, 5.74) is 20.3. The second-order valence-corrected chi connectivity index (χ2v) is 15.3. The van der Waals surface area contributed by atoms with E-state index in [1.807, 2.05) is 13.8 Å². The number of allylic oxidation sites excluding steroid dienone is 2. The van der Waals surface area contributed by atoms with Gasteiger partial charge in [0.1, 0.15) is 0 Å². The third-order valence-electron chi connectivity index (χ3n) is 9.57. The quantitative estimate of drug-likeness (QED) is 0.0198. The fourth-order valence-corrected chi connectivity index (χ4v) is 6.91. The topological polar surface area (TPSA) is 54.9 Å². The van der Waals surface area contributed by atoms with Gasteiger partial charge in [-0.05, 0) is 109 Å². The summed E-state index contributed by atoms with van der Waals surface area (Å²) < 4.78 is 9.58. The van der Waals surface area contributed by atoms with Crippen LogP contribution in [-0.4, -0.2) is 23.9 Å². The van der Waals surface area contributed by atoms with Crippen LogP contribution in [0.3, 0.4) is 0 Å². The third kappa shape index (κ3) is 24.0. The van der Waals surface area contributed by atoms with Crippen molar-refractivity contribution in [1.29, 1.82) is 0 Å². The molecule has 0 aliphatic rings. The zero-order chi connectivity index (χ0) is 38.8. The Kier molecular flexibility index (Phi) is 31.5. The van der Waals surface area contributed by atoms with Gasteiger partial charge in [-0.15, -0.1) is 4.79 Å². The minimum absolute atomic E-state index is 0.708. The SMILES string of the molecule is CCCCCCCCc1cc(CCCCCCCC)cc(C(=CC(=C=[N+]=[N-])CCCC)c2cc(CCCC)cc(CCCC)c2)c1.CC[O][Ni][O]CC. The standard InChI is InChI=1S/C44H68N2.2C2H5O.Ni/c1-6-11-16-18-20-22-27-39-30-40(28-23-21-19-17-12-7-2)34-43(33-39)44(35-41(36-46-45)26-15-10-5)42-31-37(24-13-8-3)29-38(32-42)25-14-9-4;2*1-2-3;/h29-35H,6-28H2,1-5H3;2*2H2,1H3;/q;2*-1;+2. The van der Waals surface area contributed by atoms with Crippen molar-refractivity contribution in [2.75, 3.05) is 13.2 Å². The van der Waals surface area contributed by atoms with Crippen molar-refractivity contribution in [1.82, 2.24) is 0 Å². The Labute approximate surface area is 334 Å². The molecule has 0 unspecified atom stereocenters. The second kappa shape index (κ2) is 34.3. The average molecular weight is 774 g/mol. The van der Waals surface area contributed by atoms with Crippen LogP contribution in [0.2, 0.25) is 0 Å². The summed E-state index contributed by atoms with van der Waals surface area (Å²) in [6.45, 7) is 16.6. The summed E-state index contributed by atoms with van der Waals surface area (Å²) in [5, 5.41) is 0. The van der Waals surface area contributed by atoms with Crippen molar-refractivity contribution < 1.29 is 27.6 Å². The summed E-state index contributed by atoms with van der Waals surface area (Å²) in [4.78, 5) is 3.39. The van der Waals surface area contributed by atoms with Crippen LogP contribution in [0.25, 0.3) is 11.1 Å². The van der Waals surface area contributed by atoms with E-state index in [0.29, 0.717) is 13.2 Å². The Hall–Kier alpha value is -2.25. The van der Waals surface area contributed by atoms with E-state index in [0.717, 1.165) is 65.6 Å². The molecule has 2 rings (SSSR count). The number of rotatable bonds is 30. The van der Waals surface area contributed by atoms with Gasteiger partial charge < -0.3 is 5.53 Å². The summed E-state index contributed by atoms with van der Waals surface area (Å²) in [7, 11) is 0. The Balaban J connectivity index is 0.00000181. The van der Waals surface area contributed by atoms with Crippen molar-refractivity contribution in [2.45, 2.75) is 196 Å². The first-order valence-corrected chi connectivity index (χ1v) is 22.6. The molecule has 0 saturated carbocycles. The Bertz CT molecular complexity index is 1260. The van der Waals surface area contributed by atoms with E-state index in [9.17, 15) is 5.53 Å². The first-order valence-electron chi connectivity index (χ1n) is 21.8. The van der Waals surface area contributed by atoms with E-state index in [1.165, 1.54) is 142 Å². The molecule has 0 bridgehead atoms. The first-order chi connectivity index (χ1) is 26.0. The van der Waals surface area contributed by atoms with Gasteiger partial charge in [0.2, 0.25) is 0 Å². The Morgan fingerprint density at radius 2 is 0.906 bits per heavy atom. The predicted molar refractivity (Wildman–Crippen MR) is 226 cm³/mol. The number of aryl methyl sites for hydroxylation is 4. The number of nitrogens with zero attached hydrogens (tertiary/aromatic N) is 2. The van der Waals surface area contributed by atoms with Crippen LogP contribution < -0.4 is 0 Å². The van der Waals surface area contributed by atoms with Crippen LogP contribution in [0.4, 0.5) is 0 Å². The fraction of sp³-hybridized carbons (Fsp3) is 0.667. The summed E-state index contributed by atoms with van der Waals surface area (Å²) in [6.07, 6.45) is 30.6. The van der Waals surface area contributed by atoms with Crippen molar-refractivity contribution in [2.24, 2.45) is 0 Å². The molecular formula is C48H78N2NiO2. The van der Waals surface area contributed by atoms with Crippen molar-refractivity contribution in [3.63, 3.8) is 0 Å². The molecule has 0 spiro atoms. The van der Waals surface area contributed by atoms with Crippen LogP contribution in [0, 0.1) is 0 Å². The molecule has 2 aromatic carbocycles. The van der Waals surface area contributed by atoms with E-state index in [4.69, 9.17) is 7.76 Å². The van der Waals surface area contributed by atoms with E-state index in [2.05, 4.69) is 87.8 Å². The molecule has 0 saturated heterocycles. The van der Waals surface area contributed by atoms with Crippen LogP contribution in [0.1, 0.15) is 204 Å². The van der Waals surface area contributed by atoms with Gasteiger partial charge in [-0.3, -0.25) is 0 Å². The molecule has 0 aliphatic heterocycles. The van der Waals surface area contributed by atoms with E-state index in [-0.39, 0.29) is 0 Å². The van der Waals surface area contributed by atoms with Crippen LogP contribution >= 0.6 is 0 Å². The molecule has 302 valence electrons. The van der Waals surface area contributed by atoms with Gasteiger partial charge in [-0.1, -0.05) is 154 Å². The number of unbranched alkanes of at least 4 members (excludes halogenated alkanes) is 13. The zero-order valence-electron chi connectivity index (χ0n) is 35.2. The Morgan fingerprint density at radius 3 is 1.28 bits per heavy atom. The molecule has 0 aromatic heterocycles. The molecule has 0 radical (unpaired) electrons. The molecule has 4 nitrogen and oxygen atoms in total. The molecule has 0 heterocycles. The third-order valence-corrected chi connectivity index (χ3v) is 10.4. The number of benzene rings is 2. The van der Waals surface area contributed by atoms with E-state index < -0.39 is 0 Å². The summed E-state index contributed by atoms with van der Waals surface area (Å²) >= 11 is 0.899. The van der Waals surface area contributed by atoms with Crippen molar-refractivity contribution in [3.8, 4) is 0 Å². The number of hydrogen-bond donors (Lipinski definition) is 0. The van der Waals surface area contributed by atoms with Gasteiger partial charge in [0.05, 0.1) is 5.57 Å². The molecule has 53 heavy (non-hydrogen) atoms. The molecule has 2 aromatic rings. The fourth-order valence-electron chi connectivity index (χ4n) is 6.59. The van der Waals surface area contributed by atoms with Gasteiger partial charge in [-0.25, -0.2) is 0 Å². The van der Waals surface area contributed by atoms with Gasteiger partial charge in [0, 0.05) is 0 Å². The van der Waals surface area contributed by atoms with Crippen molar-refractivity contribution in [3.05, 3.63) is 87.0 Å². The van der Waals surface area contributed by atoms with Crippen LogP contribution in [0.5, 0.6) is 0 Å². The molecular weight excluding hydrogens is 695 g/mol. The maximum absolute atomic E-state index is 9.57. The minimum atomic E-state index is 0.708. The van der Waals surface area contributed by atoms with Crippen LogP contribution in [-0.2, 0) is 48.5 Å². The van der Waals surface area contributed by atoms with E-state index in [1.54, 1.807) is 0 Å². The Morgan fingerprint density at radius 1 is 0.528 bits per heavy atom. The maximum atomic E-state index is 9.57. The zero-order valence-corrected chi connectivity index (χ0v) is 36.2. The normalized spacial score (nSPS) is 11.3. The van der Waals surface area contributed by atoms with Gasteiger partial charge in [-0.2, -0.15) is 0 Å². The van der Waals surface area contributed by atoms with Crippen molar-refractivity contribution >= 4 is 11.4 Å². The molecule has 0 fully saturated rings. The first kappa shape index (κ1) is 48.8. The predicted octanol–water partition coefficient (Wildman–Crippen LogP) is 14.6. The van der Waals surface area contributed by atoms with Gasteiger partial charge in [0.15, 0.2) is 0 Å². The molecule has 0 atom stereocenters. The second-order valence-electron chi connectivity index (χ2n) is 14.5. The summed E-state index contributed by atoms with van der Waals surface area (Å²) in [6, 6.07) is 14.8. The molecule has 0 amide bonds. The number of hydrogen-bond acceptors (Lipinski definition) is 2. The molecule has 0 aliphatic carbocycles. The van der Waals surface area contributed by atoms with Gasteiger partial charge >= 0.3 is 55.8 Å². The van der Waals surface area contributed by atoms with Gasteiger partial charge in [0.25, 0.3) is 0 Å². The monoisotopic (exact) mass is 773 g/mol. The summed E-state index contributed by atoms with van der Waals surface area (Å²) in [5.74, 6) is 2.95. The van der Waals surface area contributed by atoms with Crippen LogP contribution in [0.15, 0.2) is 48.0 Å². The average Bonchev–Trinajstić information content (AvgIpc) is 3.17. The van der Waals surface area contributed by atoms with E-state index >= 15 is 0 Å². The molecule has 0 N–H and O–H groups in total.